The summed E-state index contributed by atoms with van der Waals surface area (Å²) in [5.74, 6) is 0.620. The Balaban J connectivity index is 0.00000312. The van der Waals surface area contributed by atoms with Crippen molar-refractivity contribution < 1.29 is 0 Å². The molecule has 1 unspecified atom stereocenters. The maximum absolute atomic E-state index is 6.00. The monoisotopic (exact) mass is 466 g/mol. The van der Waals surface area contributed by atoms with Crippen molar-refractivity contribution in [1.82, 2.24) is 20.0 Å². The number of rotatable bonds is 9. The topological polar surface area (TPSA) is 60.1 Å². The van der Waals surface area contributed by atoms with E-state index in [1.807, 2.05) is 0 Å². The van der Waals surface area contributed by atoms with Crippen molar-refractivity contribution in [3.05, 3.63) is 0 Å². The first-order valence-corrected chi connectivity index (χ1v) is 9.95. The quantitative estimate of drug-likeness (QED) is 0.233. The van der Waals surface area contributed by atoms with E-state index in [4.69, 9.17) is 5.73 Å². The van der Waals surface area contributed by atoms with Crippen LogP contribution in [0, 0.1) is 0 Å². The third-order valence-electron chi connectivity index (χ3n) is 5.50. The van der Waals surface area contributed by atoms with Crippen LogP contribution in [0.25, 0.3) is 0 Å². The van der Waals surface area contributed by atoms with Gasteiger partial charge in [0.05, 0.1) is 6.54 Å². The summed E-state index contributed by atoms with van der Waals surface area (Å²) in [5, 5.41) is 3.28. The molecule has 7 heteroatoms. The summed E-state index contributed by atoms with van der Waals surface area (Å²) in [4.78, 5) is 12.2. The normalized spacial score (nSPS) is 23.6. The van der Waals surface area contributed by atoms with E-state index in [2.05, 4.69) is 38.9 Å². The molecule has 0 spiro atoms. The van der Waals surface area contributed by atoms with Gasteiger partial charge in [0.15, 0.2) is 5.96 Å². The average molecular weight is 466 g/mol. The molecule has 0 bridgehead atoms. The lowest BCUT2D eigenvalue weighted by Gasteiger charge is -2.33. The van der Waals surface area contributed by atoms with Gasteiger partial charge in [-0.15, -0.1) is 24.0 Å². The molecule has 2 saturated heterocycles. The molecule has 25 heavy (non-hydrogen) atoms. The number of aliphatic imine (C=N–C) groups is 1. The van der Waals surface area contributed by atoms with Crippen molar-refractivity contribution in [3.8, 4) is 0 Å². The van der Waals surface area contributed by atoms with Crippen LogP contribution < -0.4 is 11.1 Å². The van der Waals surface area contributed by atoms with Crippen LogP contribution in [0.5, 0.6) is 0 Å². The molecule has 0 saturated carbocycles. The second-order valence-corrected chi connectivity index (χ2v) is 7.06. The van der Waals surface area contributed by atoms with Crippen molar-refractivity contribution in [2.24, 2.45) is 10.7 Å². The van der Waals surface area contributed by atoms with Crippen molar-refractivity contribution in [1.29, 1.82) is 0 Å². The predicted octanol–water partition coefficient (Wildman–Crippen LogP) is 1.41. The number of hydrogen-bond donors (Lipinski definition) is 2. The minimum absolute atomic E-state index is 0. The second-order valence-electron chi connectivity index (χ2n) is 7.06. The largest absolute Gasteiger partial charge is 0.370 e. The van der Waals surface area contributed by atoms with Crippen LogP contribution in [0.15, 0.2) is 4.99 Å². The Bertz CT molecular complexity index is 371. The molecule has 0 amide bonds. The van der Waals surface area contributed by atoms with E-state index in [9.17, 15) is 0 Å². The number of piperazine rings is 1. The molecule has 0 aromatic carbocycles. The fraction of sp³-hybridized carbons (Fsp3) is 0.944. The Kier molecular flexibility index (Phi) is 12.0. The summed E-state index contributed by atoms with van der Waals surface area (Å²) in [6.45, 7) is 15.9. The molecule has 2 aliphatic heterocycles. The summed E-state index contributed by atoms with van der Waals surface area (Å²) >= 11 is 0. The minimum atomic E-state index is 0. The Morgan fingerprint density at radius 2 is 1.76 bits per heavy atom. The second kappa shape index (κ2) is 13.1. The van der Waals surface area contributed by atoms with Crippen molar-refractivity contribution in [3.63, 3.8) is 0 Å². The first kappa shape index (κ1) is 22.9. The van der Waals surface area contributed by atoms with Crippen LogP contribution in [0.3, 0.4) is 0 Å². The van der Waals surface area contributed by atoms with E-state index < -0.39 is 0 Å². The highest BCUT2D eigenvalue weighted by Crippen LogP contribution is 2.16. The van der Waals surface area contributed by atoms with Crippen molar-refractivity contribution >= 4 is 29.9 Å². The summed E-state index contributed by atoms with van der Waals surface area (Å²) in [6.07, 6.45) is 4.96. The Labute approximate surface area is 171 Å². The van der Waals surface area contributed by atoms with Crippen LogP contribution >= 0.6 is 24.0 Å². The molecular formula is C18H39IN6. The van der Waals surface area contributed by atoms with E-state index in [1.54, 1.807) is 0 Å². The number of hydrogen-bond acceptors (Lipinski definition) is 4. The van der Waals surface area contributed by atoms with E-state index in [0.717, 1.165) is 26.1 Å². The van der Waals surface area contributed by atoms with Crippen LogP contribution in [0.1, 0.15) is 39.5 Å². The first-order chi connectivity index (χ1) is 11.7. The number of nitrogens with two attached hydrogens (primary N) is 1. The number of nitrogens with one attached hydrogen (secondary N) is 1. The molecule has 0 aromatic heterocycles. The van der Waals surface area contributed by atoms with Gasteiger partial charge in [0, 0.05) is 38.8 Å². The molecule has 148 valence electrons. The highest BCUT2D eigenvalue weighted by Gasteiger charge is 2.22. The zero-order valence-corrected chi connectivity index (χ0v) is 18.6. The van der Waals surface area contributed by atoms with Gasteiger partial charge in [-0.2, -0.15) is 0 Å². The Hall–Kier alpha value is -0.120. The zero-order valence-electron chi connectivity index (χ0n) is 16.3. The summed E-state index contributed by atoms with van der Waals surface area (Å²) in [7, 11) is 0. The lowest BCUT2D eigenvalue weighted by Crippen LogP contribution is -2.46. The summed E-state index contributed by atoms with van der Waals surface area (Å²) in [5.41, 5.74) is 6.00. The number of likely N-dealkylation sites (N-methyl/N-ethyl adjacent to an activating group) is 2. The molecule has 2 fully saturated rings. The lowest BCUT2D eigenvalue weighted by molar-refractivity contribution is 0.136. The van der Waals surface area contributed by atoms with Crippen LogP contribution in [-0.2, 0) is 0 Å². The summed E-state index contributed by atoms with van der Waals surface area (Å²) < 4.78 is 0. The average Bonchev–Trinajstić information content (AvgIpc) is 3.07. The molecule has 0 radical (unpaired) electrons. The number of halogens is 1. The van der Waals surface area contributed by atoms with Gasteiger partial charge in [-0.25, -0.2) is 0 Å². The Morgan fingerprint density at radius 1 is 1.04 bits per heavy atom. The fourth-order valence-corrected chi connectivity index (χ4v) is 3.78. The molecule has 0 aromatic rings. The zero-order chi connectivity index (χ0) is 17.2. The molecule has 3 N–H and O–H groups in total. The molecule has 2 heterocycles. The number of guanidine groups is 1. The van der Waals surface area contributed by atoms with Crippen molar-refractivity contribution in [2.45, 2.75) is 45.6 Å². The molecule has 2 aliphatic rings. The SMILES string of the molecule is CCN1CCN(CCCCNC(N)=NCC2CCCN2CC)CC1.I. The summed E-state index contributed by atoms with van der Waals surface area (Å²) in [6, 6.07) is 0.595. The standard InChI is InChI=1S/C18H38N6.HI/c1-3-22-12-14-23(15-13-22)10-6-5-9-20-18(19)21-16-17-8-7-11-24(17)4-2;/h17H,3-16H2,1-2H3,(H3,19,20,21);1H. The van der Waals surface area contributed by atoms with Gasteiger partial charge in [-0.3, -0.25) is 9.89 Å². The molecule has 6 nitrogen and oxygen atoms in total. The molecule has 0 aliphatic carbocycles. The first-order valence-electron chi connectivity index (χ1n) is 9.95. The van der Waals surface area contributed by atoms with Crippen LogP contribution in [-0.4, -0.2) is 92.1 Å². The lowest BCUT2D eigenvalue weighted by atomic mass is 10.2. The van der Waals surface area contributed by atoms with Gasteiger partial charge < -0.3 is 20.9 Å². The number of likely N-dealkylation sites (tertiary alicyclic amines) is 1. The van der Waals surface area contributed by atoms with E-state index in [-0.39, 0.29) is 24.0 Å². The van der Waals surface area contributed by atoms with E-state index in [0.29, 0.717) is 12.0 Å². The van der Waals surface area contributed by atoms with Gasteiger partial charge in [-0.05, 0) is 51.9 Å². The van der Waals surface area contributed by atoms with Gasteiger partial charge in [-0.1, -0.05) is 13.8 Å². The predicted molar refractivity (Wildman–Crippen MR) is 118 cm³/mol. The van der Waals surface area contributed by atoms with Gasteiger partial charge >= 0.3 is 0 Å². The highest BCUT2D eigenvalue weighted by molar-refractivity contribution is 14.0. The maximum atomic E-state index is 6.00. The number of unbranched alkanes of at least 4 members (excludes halogenated alkanes) is 1. The third kappa shape index (κ3) is 8.41. The van der Waals surface area contributed by atoms with Gasteiger partial charge in [0.2, 0.25) is 0 Å². The van der Waals surface area contributed by atoms with Gasteiger partial charge in [0.25, 0.3) is 0 Å². The molecular weight excluding hydrogens is 427 g/mol. The third-order valence-corrected chi connectivity index (χ3v) is 5.50. The minimum Gasteiger partial charge on any atom is -0.370 e. The van der Waals surface area contributed by atoms with Crippen LogP contribution in [0.2, 0.25) is 0 Å². The Morgan fingerprint density at radius 3 is 2.44 bits per heavy atom. The highest BCUT2D eigenvalue weighted by atomic mass is 127. The number of nitrogens with zero attached hydrogens (tertiary/aromatic N) is 4. The smallest absolute Gasteiger partial charge is 0.188 e. The molecule has 1 atom stereocenters. The van der Waals surface area contributed by atoms with Crippen LogP contribution in [0.4, 0.5) is 0 Å². The maximum Gasteiger partial charge on any atom is 0.188 e. The van der Waals surface area contributed by atoms with Crippen molar-refractivity contribution in [2.75, 3.05) is 65.4 Å². The van der Waals surface area contributed by atoms with E-state index in [1.165, 1.54) is 65.1 Å². The molecule has 2 rings (SSSR count). The van der Waals surface area contributed by atoms with E-state index >= 15 is 0 Å². The fourth-order valence-electron chi connectivity index (χ4n) is 3.78. The van der Waals surface area contributed by atoms with Gasteiger partial charge in [0.1, 0.15) is 0 Å².